The molecule has 136 valence electrons. The third-order valence-corrected chi connectivity index (χ3v) is 5.36. The highest BCUT2D eigenvalue weighted by Crippen LogP contribution is 2.12. The summed E-state index contributed by atoms with van der Waals surface area (Å²) in [5, 5.41) is 3.13. The summed E-state index contributed by atoms with van der Waals surface area (Å²) in [6.45, 7) is 16.1. The maximum atomic E-state index is 11.4. The van der Waals surface area contributed by atoms with Gasteiger partial charge in [-0.25, -0.2) is 0 Å². The van der Waals surface area contributed by atoms with Crippen molar-refractivity contribution in [2.75, 3.05) is 52.4 Å². The molecular formula is C18H38N4O. The van der Waals surface area contributed by atoms with Gasteiger partial charge in [-0.1, -0.05) is 6.92 Å². The van der Waals surface area contributed by atoms with Crippen LogP contribution in [0.5, 0.6) is 0 Å². The standard InChI is InChI=1S/C18H36N4O.H2/c1-4-18(23)19-17-6-10-20(11-7-17)8-5-9-21-12-14-22(15-13-21)16(2)3;/h16-17H,4-15H2,1-3H3,(H,19,23);1H. The highest BCUT2D eigenvalue weighted by atomic mass is 16.1. The lowest BCUT2D eigenvalue weighted by atomic mass is 10.0. The molecule has 5 heteroatoms. The van der Waals surface area contributed by atoms with Gasteiger partial charge >= 0.3 is 0 Å². The molecule has 0 aromatic heterocycles. The van der Waals surface area contributed by atoms with Crippen molar-refractivity contribution >= 4 is 5.91 Å². The van der Waals surface area contributed by atoms with Gasteiger partial charge in [0.25, 0.3) is 0 Å². The molecule has 2 fully saturated rings. The number of nitrogens with one attached hydrogen (secondary N) is 1. The van der Waals surface area contributed by atoms with Gasteiger partial charge < -0.3 is 15.1 Å². The van der Waals surface area contributed by atoms with E-state index in [0.29, 0.717) is 18.5 Å². The fourth-order valence-corrected chi connectivity index (χ4v) is 3.65. The van der Waals surface area contributed by atoms with Crippen LogP contribution < -0.4 is 5.32 Å². The molecule has 0 aromatic carbocycles. The number of carbonyl (C=O) groups excluding carboxylic acids is 1. The first-order valence-corrected chi connectivity index (χ1v) is 9.56. The van der Waals surface area contributed by atoms with Gasteiger partial charge in [-0.05, 0) is 46.2 Å². The van der Waals surface area contributed by atoms with Crippen LogP contribution in [0.1, 0.15) is 47.9 Å². The molecule has 0 spiro atoms. The average molecular weight is 327 g/mol. The maximum absolute atomic E-state index is 11.4. The van der Waals surface area contributed by atoms with Gasteiger partial charge in [0.1, 0.15) is 0 Å². The Balaban J connectivity index is 0.00000288. The largest absolute Gasteiger partial charge is 0.353 e. The Hall–Kier alpha value is -0.650. The number of nitrogens with zero attached hydrogens (tertiary/aromatic N) is 3. The second-order valence-corrected chi connectivity index (χ2v) is 7.36. The lowest BCUT2D eigenvalue weighted by Crippen LogP contribution is -2.49. The van der Waals surface area contributed by atoms with E-state index in [0.717, 1.165) is 25.9 Å². The number of amides is 1. The lowest BCUT2D eigenvalue weighted by molar-refractivity contribution is -0.121. The Morgan fingerprint density at radius 1 is 1.04 bits per heavy atom. The fraction of sp³-hybridized carbons (Fsp3) is 0.944. The number of carbonyl (C=O) groups is 1. The maximum Gasteiger partial charge on any atom is 0.219 e. The Morgan fingerprint density at radius 3 is 2.13 bits per heavy atom. The summed E-state index contributed by atoms with van der Waals surface area (Å²) >= 11 is 0. The van der Waals surface area contributed by atoms with E-state index in [-0.39, 0.29) is 7.33 Å². The lowest BCUT2D eigenvalue weighted by Gasteiger charge is -2.37. The van der Waals surface area contributed by atoms with Gasteiger partial charge in [0.2, 0.25) is 5.91 Å². The molecule has 2 heterocycles. The van der Waals surface area contributed by atoms with Crippen LogP contribution in [0, 0.1) is 0 Å². The molecule has 0 bridgehead atoms. The van der Waals surface area contributed by atoms with Crippen molar-refractivity contribution in [2.24, 2.45) is 0 Å². The number of likely N-dealkylation sites (tertiary alicyclic amines) is 1. The number of piperazine rings is 1. The molecule has 2 saturated heterocycles. The molecule has 2 aliphatic heterocycles. The summed E-state index contributed by atoms with van der Waals surface area (Å²) in [6, 6.07) is 1.09. The SMILES string of the molecule is CCC(=O)NC1CCN(CCCN2CCN(C(C)C)CC2)CC1.[HH]. The minimum Gasteiger partial charge on any atom is -0.353 e. The molecule has 0 radical (unpaired) electrons. The summed E-state index contributed by atoms with van der Waals surface area (Å²) < 4.78 is 0. The van der Waals surface area contributed by atoms with E-state index in [1.54, 1.807) is 0 Å². The first-order valence-electron chi connectivity index (χ1n) is 9.56. The van der Waals surface area contributed by atoms with E-state index in [1.807, 2.05) is 6.92 Å². The van der Waals surface area contributed by atoms with Gasteiger partial charge in [0.15, 0.2) is 0 Å². The van der Waals surface area contributed by atoms with Crippen molar-refractivity contribution in [2.45, 2.75) is 58.5 Å². The quantitative estimate of drug-likeness (QED) is 0.772. The summed E-state index contributed by atoms with van der Waals surface area (Å²) in [6.07, 6.45) is 4.09. The molecule has 0 unspecified atom stereocenters. The van der Waals surface area contributed by atoms with Crippen molar-refractivity contribution in [3.63, 3.8) is 0 Å². The van der Waals surface area contributed by atoms with E-state index in [4.69, 9.17) is 0 Å². The van der Waals surface area contributed by atoms with Gasteiger partial charge in [-0.3, -0.25) is 9.69 Å². The zero-order valence-electron chi connectivity index (χ0n) is 15.4. The monoisotopic (exact) mass is 326 g/mol. The normalized spacial score (nSPS) is 22.6. The van der Waals surface area contributed by atoms with E-state index >= 15 is 0 Å². The molecular weight excluding hydrogens is 288 g/mol. The predicted octanol–water partition coefficient (Wildman–Crippen LogP) is 1.64. The van der Waals surface area contributed by atoms with Crippen molar-refractivity contribution in [3.05, 3.63) is 0 Å². The smallest absolute Gasteiger partial charge is 0.219 e. The first kappa shape index (κ1) is 18.7. The predicted molar refractivity (Wildman–Crippen MR) is 97.8 cm³/mol. The minimum atomic E-state index is 0. The second kappa shape index (κ2) is 9.60. The van der Waals surface area contributed by atoms with E-state index in [2.05, 4.69) is 33.9 Å². The van der Waals surface area contributed by atoms with Gasteiger partial charge in [-0.2, -0.15) is 0 Å². The molecule has 0 atom stereocenters. The average Bonchev–Trinajstić information content (AvgIpc) is 2.57. The number of rotatable bonds is 7. The topological polar surface area (TPSA) is 38.8 Å². The zero-order valence-corrected chi connectivity index (χ0v) is 15.4. The van der Waals surface area contributed by atoms with Crippen LogP contribution in [0.15, 0.2) is 0 Å². The number of hydrogen-bond acceptors (Lipinski definition) is 4. The zero-order chi connectivity index (χ0) is 16.7. The molecule has 1 amide bonds. The third kappa shape index (κ3) is 6.40. The second-order valence-electron chi connectivity index (χ2n) is 7.36. The highest BCUT2D eigenvalue weighted by Gasteiger charge is 2.21. The molecule has 0 aromatic rings. The number of hydrogen-bond donors (Lipinski definition) is 1. The Bertz CT molecular complexity index is 351. The van der Waals surface area contributed by atoms with Crippen molar-refractivity contribution in [1.82, 2.24) is 20.0 Å². The van der Waals surface area contributed by atoms with Crippen LogP contribution in [-0.4, -0.2) is 85.0 Å². The molecule has 23 heavy (non-hydrogen) atoms. The molecule has 1 N–H and O–H groups in total. The Kier molecular flexibility index (Phi) is 7.80. The summed E-state index contributed by atoms with van der Waals surface area (Å²) in [4.78, 5) is 19.2. The molecule has 5 nitrogen and oxygen atoms in total. The van der Waals surface area contributed by atoms with Crippen molar-refractivity contribution in [3.8, 4) is 0 Å². The van der Waals surface area contributed by atoms with E-state index < -0.39 is 0 Å². The fourth-order valence-electron chi connectivity index (χ4n) is 3.65. The van der Waals surface area contributed by atoms with Crippen molar-refractivity contribution in [1.29, 1.82) is 0 Å². The van der Waals surface area contributed by atoms with Crippen LogP contribution in [0.2, 0.25) is 0 Å². The van der Waals surface area contributed by atoms with Crippen LogP contribution in [-0.2, 0) is 4.79 Å². The van der Waals surface area contributed by atoms with Crippen LogP contribution in [0.4, 0.5) is 0 Å². The molecule has 0 saturated carbocycles. The Labute approximate surface area is 143 Å². The summed E-state index contributed by atoms with van der Waals surface area (Å²) in [5.74, 6) is 0.198. The van der Waals surface area contributed by atoms with E-state index in [1.165, 1.54) is 45.7 Å². The van der Waals surface area contributed by atoms with Gasteiger partial charge in [0.05, 0.1) is 0 Å². The number of piperidine rings is 1. The third-order valence-electron chi connectivity index (χ3n) is 5.36. The van der Waals surface area contributed by atoms with Crippen LogP contribution in [0.25, 0.3) is 0 Å². The summed E-state index contributed by atoms with van der Waals surface area (Å²) in [7, 11) is 0. The molecule has 0 aliphatic carbocycles. The minimum absolute atomic E-state index is 0. The first-order chi connectivity index (χ1) is 11.1. The summed E-state index contributed by atoms with van der Waals surface area (Å²) in [5.41, 5.74) is 0. The van der Waals surface area contributed by atoms with Gasteiger partial charge in [0, 0.05) is 59.2 Å². The molecule has 2 rings (SSSR count). The highest BCUT2D eigenvalue weighted by molar-refractivity contribution is 5.75. The van der Waals surface area contributed by atoms with Crippen molar-refractivity contribution < 1.29 is 6.22 Å². The van der Waals surface area contributed by atoms with Gasteiger partial charge in [-0.15, -0.1) is 0 Å². The van der Waals surface area contributed by atoms with E-state index in [9.17, 15) is 4.79 Å². The molecule has 2 aliphatic rings. The van der Waals surface area contributed by atoms with Crippen LogP contribution >= 0.6 is 0 Å². The Morgan fingerprint density at radius 2 is 1.61 bits per heavy atom. The van der Waals surface area contributed by atoms with Crippen LogP contribution in [0.3, 0.4) is 0 Å².